The van der Waals surface area contributed by atoms with E-state index in [1.807, 2.05) is 6.07 Å². The molecule has 0 heterocycles. The van der Waals surface area contributed by atoms with E-state index in [4.69, 9.17) is 15.1 Å². The molecule has 0 amide bonds. The molecule has 0 atom stereocenters. The fraction of sp³-hybridized carbons (Fsp3) is 0.474. The summed E-state index contributed by atoms with van der Waals surface area (Å²) in [5.74, 6) is -0.577. The smallest absolute Gasteiger partial charge is 0.348 e. The Kier molecular flexibility index (Phi) is 9.42. The molecule has 0 saturated heterocycles. The van der Waals surface area contributed by atoms with Crippen molar-refractivity contribution in [2.24, 2.45) is 0 Å². The van der Waals surface area contributed by atoms with Gasteiger partial charge in [-0.25, -0.2) is 4.79 Å². The number of ether oxygens (including phenoxy) is 1. The molecule has 0 aliphatic heterocycles. The van der Waals surface area contributed by atoms with Gasteiger partial charge in [0.15, 0.2) is 0 Å². The third-order valence-electron chi connectivity index (χ3n) is 3.54. The number of nitrogens with zero attached hydrogens (tertiary/aromatic N) is 1. The maximum Gasteiger partial charge on any atom is 0.348 e. The molecule has 0 bridgehead atoms. The lowest BCUT2D eigenvalue weighted by molar-refractivity contribution is -0.138. The molecule has 0 aliphatic carbocycles. The second kappa shape index (κ2) is 11.4. The second-order valence-corrected chi connectivity index (χ2v) is 5.47. The van der Waals surface area contributed by atoms with E-state index >= 15 is 0 Å². The van der Waals surface area contributed by atoms with Gasteiger partial charge < -0.3 is 9.84 Å². The number of hydrogen-bond donors (Lipinski definition) is 1. The van der Waals surface area contributed by atoms with Crippen molar-refractivity contribution < 1.29 is 14.6 Å². The third kappa shape index (κ3) is 7.62. The number of hydrogen-bond acceptors (Lipinski definition) is 4. The highest BCUT2D eigenvalue weighted by Gasteiger charge is 2.10. The van der Waals surface area contributed by atoms with E-state index in [1.54, 1.807) is 24.3 Å². The Morgan fingerprint density at radius 2 is 1.83 bits per heavy atom. The van der Waals surface area contributed by atoms with E-state index in [2.05, 4.69) is 6.92 Å². The Morgan fingerprint density at radius 3 is 2.43 bits per heavy atom. The van der Waals surface area contributed by atoms with Crippen molar-refractivity contribution in [3.05, 3.63) is 41.0 Å². The predicted octanol–water partition coefficient (Wildman–Crippen LogP) is 3.99. The molecule has 4 nitrogen and oxygen atoms in total. The molecule has 1 aromatic rings. The van der Waals surface area contributed by atoms with Crippen LogP contribution in [0.15, 0.2) is 29.8 Å². The van der Waals surface area contributed by atoms with Crippen molar-refractivity contribution in [3.63, 3.8) is 0 Å². The molecule has 1 N–H and O–H groups in total. The Balaban J connectivity index is 2.42. The van der Waals surface area contributed by atoms with E-state index in [9.17, 15) is 4.79 Å². The van der Waals surface area contributed by atoms with Crippen LogP contribution in [0.5, 0.6) is 0 Å². The second-order valence-electron chi connectivity index (χ2n) is 5.47. The molecule has 23 heavy (non-hydrogen) atoms. The van der Waals surface area contributed by atoms with Crippen molar-refractivity contribution >= 4 is 12.0 Å². The lowest BCUT2D eigenvalue weighted by atomic mass is 10.1. The molecule has 0 saturated carbocycles. The third-order valence-corrected chi connectivity index (χ3v) is 3.54. The van der Waals surface area contributed by atoms with Crippen LogP contribution in [0, 0.1) is 11.3 Å². The first-order valence-electron chi connectivity index (χ1n) is 8.20. The average molecular weight is 315 g/mol. The highest BCUT2D eigenvalue weighted by molar-refractivity contribution is 5.97. The quantitative estimate of drug-likeness (QED) is 0.307. The summed E-state index contributed by atoms with van der Waals surface area (Å²) < 4.78 is 5.15. The van der Waals surface area contributed by atoms with Crippen LogP contribution in [0.4, 0.5) is 0 Å². The molecular formula is C19H25NO3. The Morgan fingerprint density at radius 1 is 1.17 bits per heavy atom. The first kappa shape index (κ1) is 18.9. The number of esters is 1. The topological polar surface area (TPSA) is 70.3 Å². The largest absolute Gasteiger partial charge is 0.462 e. The van der Waals surface area contributed by atoms with Crippen molar-refractivity contribution in [2.75, 3.05) is 6.61 Å². The standard InChI is InChI=1S/C19H25NO3/c1-2-3-4-5-6-7-12-23-19(22)18(14-20)13-16-8-10-17(15-21)11-9-16/h8-11,13,21H,2-7,12,15H2,1H3. The zero-order chi connectivity index (χ0) is 16.9. The monoisotopic (exact) mass is 315 g/mol. The number of aliphatic hydroxyl groups is 1. The van der Waals surface area contributed by atoms with Gasteiger partial charge in [-0.2, -0.15) is 5.26 Å². The normalized spacial score (nSPS) is 11.1. The van der Waals surface area contributed by atoms with Gasteiger partial charge in [-0.15, -0.1) is 0 Å². The predicted molar refractivity (Wildman–Crippen MR) is 90.3 cm³/mol. The summed E-state index contributed by atoms with van der Waals surface area (Å²) in [5.41, 5.74) is 1.51. The summed E-state index contributed by atoms with van der Waals surface area (Å²) >= 11 is 0. The van der Waals surface area contributed by atoms with Crippen molar-refractivity contribution in [1.29, 1.82) is 5.26 Å². The first-order valence-corrected chi connectivity index (χ1v) is 8.20. The molecule has 0 radical (unpaired) electrons. The molecule has 0 aliphatic rings. The van der Waals surface area contributed by atoms with Gasteiger partial charge in [0.25, 0.3) is 0 Å². The van der Waals surface area contributed by atoms with Crippen LogP contribution >= 0.6 is 0 Å². The van der Waals surface area contributed by atoms with Crippen LogP contribution in [0.3, 0.4) is 0 Å². The first-order chi connectivity index (χ1) is 11.2. The van der Waals surface area contributed by atoms with Crippen LogP contribution in [-0.4, -0.2) is 17.7 Å². The zero-order valence-corrected chi connectivity index (χ0v) is 13.8. The number of carbonyl (C=O) groups is 1. The summed E-state index contributed by atoms with van der Waals surface area (Å²) in [6, 6.07) is 8.90. The lowest BCUT2D eigenvalue weighted by Crippen LogP contribution is -2.08. The summed E-state index contributed by atoms with van der Waals surface area (Å²) in [4.78, 5) is 11.9. The number of unbranched alkanes of at least 4 members (excludes halogenated alkanes) is 5. The maximum absolute atomic E-state index is 11.9. The molecule has 0 aromatic heterocycles. The van der Waals surface area contributed by atoms with Gasteiger partial charge in [0.1, 0.15) is 11.6 Å². The van der Waals surface area contributed by atoms with E-state index in [0.29, 0.717) is 6.61 Å². The van der Waals surface area contributed by atoms with E-state index < -0.39 is 5.97 Å². The van der Waals surface area contributed by atoms with Gasteiger partial charge in [-0.3, -0.25) is 0 Å². The SMILES string of the molecule is CCCCCCCCOC(=O)C(C#N)=Cc1ccc(CO)cc1. The molecule has 1 rings (SSSR count). The van der Waals surface area contributed by atoms with E-state index in [-0.39, 0.29) is 12.2 Å². The number of aliphatic hydroxyl groups excluding tert-OH is 1. The Labute approximate surface area is 138 Å². The molecular weight excluding hydrogens is 290 g/mol. The van der Waals surface area contributed by atoms with Crippen LogP contribution in [-0.2, 0) is 16.1 Å². The van der Waals surface area contributed by atoms with Crippen LogP contribution in [0.25, 0.3) is 6.08 Å². The number of benzene rings is 1. The highest BCUT2D eigenvalue weighted by atomic mass is 16.5. The molecule has 0 unspecified atom stereocenters. The number of nitriles is 1. The van der Waals surface area contributed by atoms with Gasteiger partial charge in [0.2, 0.25) is 0 Å². The molecule has 124 valence electrons. The number of rotatable bonds is 10. The van der Waals surface area contributed by atoms with E-state index in [1.165, 1.54) is 25.3 Å². The van der Waals surface area contributed by atoms with E-state index in [0.717, 1.165) is 30.4 Å². The summed E-state index contributed by atoms with van der Waals surface area (Å²) in [5, 5.41) is 18.1. The Bertz CT molecular complexity index is 541. The van der Waals surface area contributed by atoms with Crippen LogP contribution in [0.2, 0.25) is 0 Å². The van der Waals surface area contributed by atoms with Gasteiger partial charge in [0.05, 0.1) is 13.2 Å². The van der Waals surface area contributed by atoms with Gasteiger partial charge in [-0.1, -0.05) is 63.3 Å². The summed E-state index contributed by atoms with van der Waals surface area (Å²) in [6.07, 6.45) is 8.22. The fourth-order valence-electron chi connectivity index (χ4n) is 2.15. The summed E-state index contributed by atoms with van der Waals surface area (Å²) in [6.45, 7) is 2.50. The molecule has 0 fully saturated rings. The van der Waals surface area contributed by atoms with Gasteiger partial charge in [-0.05, 0) is 23.6 Å². The highest BCUT2D eigenvalue weighted by Crippen LogP contribution is 2.11. The minimum Gasteiger partial charge on any atom is -0.462 e. The van der Waals surface area contributed by atoms with Crippen LogP contribution in [0.1, 0.15) is 56.6 Å². The number of carbonyl (C=O) groups excluding carboxylic acids is 1. The van der Waals surface area contributed by atoms with Crippen molar-refractivity contribution in [1.82, 2.24) is 0 Å². The van der Waals surface area contributed by atoms with Gasteiger partial charge in [0, 0.05) is 0 Å². The average Bonchev–Trinajstić information content (AvgIpc) is 2.59. The van der Waals surface area contributed by atoms with Crippen LogP contribution < -0.4 is 0 Å². The lowest BCUT2D eigenvalue weighted by Gasteiger charge is -2.04. The van der Waals surface area contributed by atoms with Crippen molar-refractivity contribution in [3.8, 4) is 6.07 Å². The fourth-order valence-corrected chi connectivity index (χ4v) is 2.15. The minimum atomic E-state index is -0.577. The minimum absolute atomic E-state index is 0.00673. The molecule has 4 heteroatoms. The molecule has 0 spiro atoms. The van der Waals surface area contributed by atoms with Crippen molar-refractivity contribution in [2.45, 2.75) is 52.1 Å². The summed E-state index contributed by atoms with van der Waals surface area (Å²) in [7, 11) is 0. The van der Waals surface area contributed by atoms with Gasteiger partial charge >= 0.3 is 5.97 Å². The maximum atomic E-state index is 11.9. The zero-order valence-electron chi connectivity index (χ0n) is 13.8. The molecule has 1 aromatic carbocycles. The Hall–Kier alpha value is -2.12.